The van der Waals surface area contributed by atoms with Crippen LogP contribution in [0.2, 0.25) is 0 Å². The number of hydrogen-bond acceptors (Lipinski definition) is 6. The summed E-state index contributed by atoms with van der Waals surface area (Å²) in [6, 6.07) is 15.2. The van der Waals surface area contributed by atoms with Gasteiger partial charge in [-0.05, 0) is 49.6 Å². The molecule has 2 aromatic carbocycles. The molecule has 3 aromatic rings. The van der Waals surface area contributed by atoms with Gasteiger partial charge in [0.15, 0.2) is 0 Å². The van der Waals surface area contributed by atoms with Crippen molar-refractivity contribution >= 4 is 28.8 Å². The Kier molecular flexibility index (Phi) is 6.80. The highest BCUT2D eigenvalue weighted by molar-refractivity contribution is 7.13. The highest BCUT2D eigenvalue weighted by Gasteiger charge is 2.28. The van der Waals surface area contributed by atoms with Crippen LogP contribution in [0.25, 0.3) is 0 Å². The van der Waals surface area contributed by atoms with Crippen LogP contribution in [0, 0.1) is 6.92 Å². The van der Waals surface area contributed by atoms with Crippen LogP contribution in [0.5, 0.6) is 5.75 Å². The fraction of sp³-hybridized carbons (Fsp3) is 0.333. The van der Waals surface area contributed by atoms with E-state index in [1.165, 1.54) is 11.3 Å². The molecule has 0 spiro atoms. The number of methoxy groups -OCH3 is 1. The Morgan fingerprint density at radius 3 is 2.78 bits per heavy atom. The Morgan fingerprint density at radius 2 is 2.00 bits per heavy atom. The third-order valence-corrected chi connectivity index (χ3v) is 6.64. The number of nitrogens with zero attached hydrogens (tertiary/aromatic N) is 3. The number of amides is 2. The van der Waals surface area contributed by atoms with Gasteiger partial charge in [0.25, 0.3) is 5.91 Å². The maximum absolute atomic E-state index is 12.9. The van der Waals surface area contributed by atoms with Gasteiger partial charge in [0, 0.05) is 24.7 Å². The average Bonchev–Trinajstić information content (AvgIpc) is 3.31. The van der Waals surface area contributed by atoms with Crippen LogP contribution in [0.15, 0.2) is 48.5 Å². The number of nitrogens with one attached hydrogen (secondary N) is 1. The van der Waals surface area contributed by atoms with E-state index in [0.717, 1.165) is 47.0 Å². The first kappa shape index (κ1) is 22.0. The molecule has 1 N–H and O–H groups in total. The van der Waals surface area contributed by atoms with Crippen molar-refractivity contribution in [1.82, 2.24) is 15.1 Å². The normalized spacial score (nSPS) is 15.9. The van der Waals surface area contributed by atoms with E-state index in [2.05, 4.69) is 15.5 Å². The number of anilines is 1. The van der Waals surface area contributed by atoms with Crippen LogP contribution in [0.4, 0.5) is 5.69 Å². The number of hydrogen-bond donors (Lipinski definition) is 1. The molecule has 2 heterocycles. The second-order valence-corrected chi connectivity index (χ2v) is 8.98. The summed E-state index contributed by atoms with van der Waals surface area (Å²) in [5, 5.41) is 12.4. The molecule has 32 heavy (non-hydrogen) atoms. The molecule has 1 aliphatic heterocycles. The summed E-state index contributed by atoms with van der Waals surface area (Å²) in [7, 11) is 1.62. The summed E-state index contributed by atoms with van der Waals surface area (Å²) in [6.45, 7) is 3.33. The topological polar surface area (TPSA) is 84.4 Å². The number of rotatable bonds is 6. The molecule has 7 nitrogen and oxygen atoms in total. The molecule has 0 aliphatic carbocycles. The number of aryl methyl sites for hydroxylation is 1. The third-order valence-electron chi connectivity index (χ3n) is 5.56. The Hall–Kier alpha value is -3.26. The minimum absolute atomic E-state index is 0.0878. The Morgan fingerprint density at radius 1 is 1.19 bits per heavy atom. The minimum Gasteiger partial charge on any atom is -0.497 e. The number of piperidine rings is 1. The molecule has 1 aliphatic rings. The standard InChI is InChI=1S/C24H26N4O3S/c1-16-8-10-19(11-9-16)25-22(30)24-27-26-23(32-24)18-6-4-12-28(15-18)21(29)14-17-5-3-7-20(13-17)31-2/h3,5,7-11,13,18H,4,6,12,14-15H2,1-2H3,(H,25,30)/t18-/m1/s1. The molecular weight excluding hydrogens is 424 g/mol. The van der Waals surface area contributed by atoms with Gasteiger partial charge in [0.05, 0.1) is 13.5 Å². The third kappa shape index (κ3) is 5.31. The van der Waals surface area contributed by atoms with E-state index in [-0.39, 0.29) is 17.7 Å². The first-order valence-corrected chi connectivity index (χ1v) is 11.5. The van der Waals surface area contributed by atoms with Crippen molar-refractivity contribution in [2.45, 2.75) is 32.1 Å². The summed E-state index contributed by atoms with van der Waals surface area (Å²) in [5.74, 6) is 0.665. The highest BCUT2D eigenvalue weighted by Crippen LogP contribution is 2.30. The van der Waals surface area contributed by atoms with Crippen LogP contribution in [0.3, 0.4) is 0 Å². The van der Waals surface area contributed by atoms with Gasteiger partial charge in [-0.3, -0.25) is 9.59 Å². The van der Waals surface area contributed by atoms with Gasteiger partial charge >= 0.3 is 0 Å². The Balaban J connectivity index is 1.38. The smallest absolute Gasteiger partial charge is 0.286 e. The number of likely N-dealkylation sites (tertiary alicyclic amines) is 1. The molecule has 8 heteroatoms. The number of carbonyl (C=O) groups is 2. The van der Waals surface area contributed by atoms with Crippen LogP contribution >= 0.6 is 11.3 Å². The predicted octanol–water partition coefficient (Wildman–Crippen LogP) is 4.06. The first-order valence-electron chi connectivity index (χ1n) is 10.6. The van der Waals surface area contributed by atoms with Gasteiger partial charge in [-0.15, -0.1) is 10.2 Å². The number of benzene rings is 2. The summed E-state index contributed by atoms with van der Waals surface area (Å²) in [4.78, 5) is 27.3. The highest BCUT2D eigenvalue weighted by atomic mass is 32.1. The van der Waals surface area contributed by atoms with E-state index in [4.69, 9.17) is 4.74 Å². The lowest BCUT2D eigenvalue weighted by atomic mass is 9.98. The zero-order valence-electron chi connectivity index (χ0n) is 18.2. The summed E-state index contributed by atoms with van der Waals surface area (Å²) < 4.78 is 5.25. The maximum atomic E-state index is 12.9. The van der Waals surface area contributed by atoms with Crippen LogP contribution in [0.1, 0.15) is 44.7 Å². The first-order chi connectivity index (χ1) is 15.5. The lowest BCUT2D eigenvalue weighted by Crippen LogP contribution is -2.39. The Bertz CT molecular complexity index is 1100. The number of carbonyl (C=O) groups excluding carboxylic acids is 2. The zero-order valence-corrected chi connectivity index (χ0v) is 19.0. The largest absolute Gasteiger partial charge is 0.497 e. The van der Waals surface area contributed by atoms with E-state index in [1.807, 2.05) is 60.4 Å². The number of aromatic nitrogens is 2. The molecular formula is C24H26N4O3S. The zero-order chi connectivity index (χ0) is 22.5. The molecule has 1 saturated heterocycles. The van der Waals surface area contributed by atoms with Crippen molar-refractivity contribution < 1.29 is 14.3 Å². The van der Waals surface area contributed by atoms with E-state index >= 15 is 0 Å². The second kappa shape index (κ2) is 9.91. The van der Waals surface area contributed by atoms with E-state index in [1.54, 1.807) is 7.11 Å². The average molecular weight is 451 g/mol. The van der Waals surface area contributed by atoms with Gasteiger partial charge in [0.2, 0.25) is 10.9 Å². The molecule has 166 valence electrons. The van der Waals surface area contributed by atoms with E-state index < -0.39 is 0 Å². The predicted molar refractivity (Wildman–Crippen MR) is 124 cm³/mol. The summed E-state index contributed by atoms with van der Waals surface area (Å²) >= 11 is 1.30. The molecule has 0 bridgehead atoms. The van der Waals surface area contributed by atoms with Crippen LogP contribution in [-0.4, -0.2) is 47.1 Å². The number of ether oxygens (including phenoxy) is 1. The monoisotopic (exact) mass is 450 g/mol. The van der Waals surface area contributed by atoms with Crippen molar-refractivity contribution in [2.24, 2.45) is 0 Å². The minimum atomic E-state index is -0.264. The van der Waals surface area contributed by atoms with Crippen LogP contribution in [-0.2, 0) is 11.2 Å². The van der Waals surface area contributed by atoms with Crippen molar-refractivity contribution in [3.05, 3.63) is 69.7 Å². The van der Waals surface area contributed by atoms with Crippen molar-refractivity contribution in [3.8, 4) is 5.75 Å². The van der Waals surface area contributed by atoms with Crippen molar-refractivity contribution in [3.63, 3.8) is 0 Å². The molecule has 0 radical (unpaired) electrons. The fourth-order valence-corrected chi connectivity index (χ4v) is 4.65. The van der Waals surface area contributed by atoms with Gasteiger partial charge < -0.3 is 15.0 Å². The molecule has 1 atom stereocenters. The fourth-order valence-electron chi connectivity index (χ4n) is 3.79. The maximum Gasteiger partial charge on any atom is 0.286 e. The lowest BCUT2D eigenvalue weighted by Gasteiger charge is -2.31. The van der Waals surface area contributed by atoms with E-state index in [0.29, 0.717) is 18.0 Å². The van der Waals surface area contributed by atoms with Gasteiger partial charge in [0.1, 0.15) is 10.8 Å². The van der Waals surface area contributed by atoms with Gasteiger partial charge in [-0.2, -0.15) is 0 Å². The molecule has 4 rings (SSSR count). The van der Waals surface area contributed by atoms with Crippen molar-refractivity contribution in [1.29, 1.82) is 0 Å². The van der Waals surface area contributed by atoms with Gasteiger partial charge in [-0.1, -0.05) is 41.2 Å². The summed E-state index contributed by atoms with van der Waals surface area (Å²) in [5.41, 5.74) is 2.79. The summed E-state index contributed by atoms with van der Waals surface area (Å²) in [6.07, 6.45) is 2.17. The molecule has 0 saturated carbocycles. The van der Waals surface area contributed by atoms with E-state index in [9.17, 15) is 9.59 Å². The van der Waals surface area contributed by atoms with Gasteiger partial charge in [-0.25, -0.2) is 0 Å². The molecule has 1 aromatic heterocycles. The quantitative estimate of drug-likeness (QED) is 0.612. The molecule has 1 fully saturated rings. The van der Waals surface area contributed by atoms with Crippen molar-refractivity contribution in [2.75, 3.05) is 25.5 Å². The second-order valence-electron chi connectivity index (χ2n) is 7.97. The molecule has 2 amide bonds. The lowest BCUT2D eigenvalue weighted by molar-refractivity contribution is -0.131. The Labute approximate surface area is 191 Å². The SMILES string of the molecule is COc1cccc(CC(=O)N2CCC[C@@H](c3nnc(C(=O)Nc4ccc(C)cc4)s3)C2)c1. The molecule has 0 unspecified atom stereocenters. The van der Waals surface area contributed by atoms with Crippen LogP contribution < -0.4 is 10.1 Å².